The van der Waals surface area contributed by atoms with Gasteiger partial charge in [0.2, 0.25) is 23.8 Å². The Kier molecular flexibility index (Phi) is 32.5. The molecule has 13 N–H and O–H groups in total. The molecule has 4 saturated heterocycles. The van der Waals surface area contributed by atoms with Crippen LogP contribution >= 0.6 is 45.3 Å². The van der Waals surface area contributed by atoms with Gasteiger partial charge in [0.25, 0.3) is 22.6 Å². The maximum atomic E-state index is 13.1. The summed E-state index contributed by atoms with van der Waals surface area (Å²) in [6.45, 7) is 31.1. The molecular weight excluding hydrogens is 1790 g/mol. The van der Waals surface area contributed by atoms with E-state index in [0.29, 0.717) is 48.4 Å². The molecule has 0 amide bonds. The normalized spacial score (nSPS) is 22.4. The fraction of sp³-hybridized carbons (Fsp3) is 0.667. The summed E-state index contributed by atoms with van der Waals surface area (Å²) in [5.41, 5.74) is 8.63. The first kappa shape index (κ1) is 104. The summed E-state index contributed by atoms with van der Waals surface area (Å²) in [5, 5.41) is 38.2. The van der Waals surface area contributed by atoms with E-state index in [2.05, 4.69) is 128 Å². The van der Waals surface area contributed by atoms with E-state index in [0.717, 1.165) is 27.2 Å². The molecule has 4 aliphatic heterocycles. The Labute approximate surface area is 707 Å². The first-order chi connectivity index (χ1) is 53.7. The van der Waals surface area contributed by atoms with Gasteiger partial charge in [-0.1, -0.05) is 137 Å². The van der Waals surface area contributed by atoms with E-state index in [9.17, 15) is 92.4 Å². The SMILES string of the molecule is C.C.C.C.CC(C)(C)[Si](C)(C)OC[C@@H]1C[C@@H](C#N)[C@H](n2c(=O)sc3c(=O)[nH]c(N)nc32)O1.CC(C)(C)[Si](C)(C)OC[C@@H]1C[C@H](O)[C@H](n2c(=O)sc3c(=O)[nH]c(N)nc32)O1.CC(C)(C)[Si](C)(C)OC[C@@H]1C[C@H](OS(=O)(=O)C(F)(F)F)[C@H](n2c(=O)sc3c(OS(=O)(=O)C(F)(F)F)nc(N)nc32)O1.N#C[C@@H]1C[C@@H](CO)O[C@H]1n1c(=O)sc2c(=O)[nH]c(N)nc21. The number of aliphatic hydroxyl groups excluding tert-OH is 2. The van der Waals surface area contributed by atoms with Crippen molar-refractivity contribution in [2.45, 2.75) is 245 Å². The topological polar surface area (TPSA) is 594 Å². The van der Waals surface area contributed by atoms with Crippen molar-refractivity contribution in [1.82, 2.24) is 58.1 Å². The molecule has 40 nitrogen and oxygen atoms in total. The molecule has 12 atom stereocenters. The number of halogens is 6. The highest BCUT2D eigenvalue weighted by molar-refractivity contribution is 7.88. The number of ether oxygens (including phenoxy) is 4. The fourth-order valence-corrected chi connectivity index (χ4v) is 18.9. The van der Waals surface area contributed by atoms with Crippen LogP contribution in [0, 0.1) is 34.5 Å². The van der Waals surface area contributed by atoms with E-state index in [1.165, 1.54) is 9.13 Å². The summed E-state index contributed by atoms with van der Waals surface area (Å²) in [6, 6.07) is 4.26. The Balaban J connectivity index is 0.000000291. The Morgan fingerprint density at radius 3 is 1.14 bits per heavy atom. The van der Waals surface area contributed by atoms with E-state index >= 15 is 0 Å². The number of nitrogen functional groups attached to an aromatic ring is 4. The average molecular weight is 1890 g/mol. The molecule has 0 unspecified atom stereocenters. The molecule has 4 fully saturated rings. The third-order valence-electron chi connectivity index (χ3n) is 20.5. The molecule has 12 rings (SSSR count). The molecule has 0 aromatic carbocycles. The van der Waals surface area contributed by atoms with Crippen molar-refractivity contribution in [3.05, 3.63) is 69.7 Å². The maximum Gasteiger partial charge on any atom is 0.534 e. The van der Waals surface area contributed by atoms with Crippen LogP contribution in [-0.2, 0) is 56.6 Å². The maximum absolute atomic E-state index is 13.1. The van der Waals surface area contributed by atoms with Crippen LogP contribution in [0.3, 0.4) is 0 Å². The number of aliphatic hydroxyl groups is 2. The van der Waals surface area contributed by atoms with Crippen molar-refractivity contribution < 1.29 is 94.0 Å². The Morgan fingerprint density at radius 2 is 0.785 bits per heavy atom. The van der Waals surface area contributed by atoms with Gasteiger partial charge in [-0.2, -0.15) is 78.6 Å². The van der Waals surface area contributed by atoms with Crippen LogP contribution in [-0.4, -0.2) is 184 Å². The fourth-order valence-electron chi connectivity index (χ4n) is 11.3. The van der Waals surface area contributed by atoms with E-state index < -0.39 is 182 Å². The highest BCUT2D eigenvalue weighted by Gasteiger charge is 2.54. The Bertz CT molecular complexity index is 5840. The number of nitrogens with two attached hydrogens (primary N) is 4. The van der Waals surface area contributed by atoms with Crippen molar-refractivity contribution in [2.24, 2.45) is 11.8 Å². The van der Waals surface area contributed by atoms with E-state index in [1.54, 1.807) is 0 Å². The summed E-state index contributed by atoms with van der Waals surface area (Å²) in [6.07, 6.45) is -9.27. The quantitative estimate of drug-likeness (QED) is 0.0168. The zero-order valence-electron chi connectivity index (χ0n) is 65.1. The molecule has 0 spiro atoms. The first-order valence-corrected chi connectivity index (χ1v) is 50.0. The summed E-state index contributed by atoms with van der Waals surface area (Å²) in [7, 11) is -18.9. The minimum absolute atomic E-state index is 0. The number of H-pyrrole nitrogens is 3. The van der Waals surface area contributed by atoms with Gasteiger partial charge >= 0.3 is 50.7 Å². The van der Waals surface area contributed by atoms with E-state index in [4.69, 9.17) is 60.3 Å². The molecule has 0 saturated carbocycles. The number of alkyl halides is 6. The number of nitriles is 2. The second kappa shape index (κ2) is 37.9. The van der Waals surface area contributed by atoms with Gasteiger partial charge in [0.1, 0.15) is 31.0 Å². The third-order valence-corrected chi connectivity index (χ3v) is 39.8. The minimum atomic E-state index is -6.30. The third kappa shape index (κ3) is 22.3. The summed E-state index contributed by atoms with van der Waals surface area (Å²) >= 11 is 2.28. The molecule has 4 aliphatic rings. The van der Waals surface area contributed by atoms with Gasteiger partial charge in [0, 0.05) is 12.8 Å². The molecule has 0 radical (unpaired) electrons. The molecular formula is C66H102F6N18O22S6Si3. The molecule has 0 aliphatic carbocycles. The number of thiazole rings is 4. The molecule has 8 aromatic heterocycles. The number of aromatic amines is 3. The van der Waals surface area contributed by atoms with Crippen LogP contribution in [0.1, 0.15) is 143 Å². The van der Waals surface area contributed by atoms with Crippen LogP contribution in [0.5, 0.6) is 5.88 Å². The Morgan fingerprint density at radius 1 is 0.479 bits per heavy atom. The lowest BCUT2D eigenvalue weighted by atomic mass is 10.1. The molecule has 8 aromatic rings. The lowest BCUT2D eigenvalue weighted by Gasteiger charge is -2.36. The lowest BCUT2D eigenvalue weighted by Crippen LogP contribution is -2.42. The molecule has 121 heavy (non-hydrogen) atoms. The van der Waals surface area contributed by atoms with E-state index in [-0.39, 0.29) is 130 Å². The lowest BCUT2D eigenvalue weighted by molar-refractivity contribution is -0.0692. The number of rotatable bonds is 18. The second-order valence-corrected chi connectivity index (χ2v) is 53.2. The molecule has 55 heteroatoms. The summed E-state index contributed by atoms with van der Waals surface area (Å²) in [5.74, 6) is -3.66. The number of aromatic nitrogens is 12. The first-order valence-electron chi connectivity index (χ1n) is 35.2. The van der Waals surface area contributed by atoms with Crippen LogP contribution in [0.25, 0.3) is 41.4 Å². The zero-order chi connectivity index (χ0) is 87.7. The summed E-state index contributed by atoms with van der Waals surface area (Å²) in [4.78, 5) is 110. The zero-order valence-corrected chi connectivity index (χ0v) is 73.0. The monoisotopic (exact) mass is 1890 g/mol. The van der Waals surface area contributed by atoms with Gasteiger partial charge in [0.15, 0.2) is 72.5 Å². The number of anilines is 4. The van der Waals surface area contributed by atoms with Crippen molar-refractivity contribution in [3.63, 3.8) is 0 Å². The van der Waals surface area contributed by atoms with Crippen LogP contribution in [0.2, 0.25) is 54.4 Å². The average Bonchev–Trinajstić information content (AvgIpc) is 1.64. The van der Waals surface area contributed by atoms with Gasteiger partial charge in [-0.05, 0) is 67.2 Å². The second-order valence-electron chi connectivity index (χ2n) is 31.8. The van der Waals surface area contributed by atoms with Crippen LogP contribution < -0.4 is 63.3 Å². The minimum Gasteiger partial charge on any atom is -0.414 e. The van der Waals surface area contributed by atoms with Gasteiger partial charge < -0.3 is 69.6 Å². The number of hydrogen-bond donors (Lipinski definition) is 9. The largest absolute Gasteiger partial charge is 0.534 e. The van der Waals surface area contributed by atoms with Crippen molar-refractivity contribution in [2.75, 3.05) is 49.4 Å². The smallest absolute Gasteiger partial charge is 0.414 e. The number of hydrogen-bond acceptors (Lipinski definition) is 37. The number of nitrogens with one attached hydrogen (secondary N) is 3. The predicted octanol–water partition coefficient (Wildman–Crippen LogP) is 8.48. The molecule has 12 heterocycles. The van der Waals surface area contributed by atoms with Crippen molar-refractivity contribution in [1.29, 1.82) is 10.5 Å². The highest BCUT2D eigenvalue weighted by atomic mass is 32.2. The van der Waals surface area contributed by atoms with Gasteiger partial charge in [-0.3, -0.25) is 71.0 Å². The van der Waals surface area contributed by atoms with Crippen LogP contribution in [0.15, 0.2) is 33.6 Å². The Hall–Kier alpha value is -7.81. The highest BCUT2D eigenvalue weighted by Crippen LogP contribution is 2.45. The number of fused-ring (bicyclic) bond motifs is 4. The molecule has 678 valence electrons. The van der Waals surface area contributed by atoms with Crippen molar-refractivity contribution >= 4 is 156 Å². The van der Waals surface area contributed by atoms with Gasteiger partial charge in [0.05, 0.1) is 74.8 Å². The van der Waals surface area contributed by atoms with E-state index in [1.807, 2.05) is 33.9 Å². The van der Waals surface area contributed by atoms with Gasteiger partial charge in [-0.15, -0.1) is 0 Å². The predicted molar refractivity (Wildman–Crippen MR) is 450 cm³/mol. The van der Waals surface area contributed by atoms with Gasteiger partial charge in [-0.25, -0.2) is 0 Å². The number of nitrogens with zero attached hydrogens (tertiary/aromatic N) is 11. The van der Waals surface area contributed by atoms with Crippen LogP contribution in [0.4, 0.5) is 50.1 Å². The summed E-state index contributed by atoms with van der Waals surface area (Å²) < 4.78 is 179. The molecule has 0 bridgehead atoms. The van der Waals surface area contributed by atoms with Crippen molar-refractivity contribution in [3.8, 4) is 18.0 Å². The standard InChI is InChI=1S/C18H24F6N4O9S3Si.C17H25N5O4SSi.C16H26N4O5SSi.C11H11N5O4S.4CH4/c1-16(2,3)41(4,5)34-7-8-6-9(36-39(30,31)17(19,20)21)13(35-8)28-11-10(38-15(28)29)12(27-14(25)26-11)37-40(32,33)18(22,23)24;1-17(2,3)28(4,5)25-8-10-6-9(7-18)14(26-10)22-12-11(27-16(22)24)13(23)21-15(19)20-12;1-16(2,3)27(4,5)24-7-8-6-9(21)13(25-8)20-11-10(26-15(20)23)12(22)19-14(17)18-11;12-2-4-1-5(3-17)20-9(4)16-7-6(21-11(16)19)8(18)15-10(13)14-7;;;;/h8-9,13H,6-7H2,1-5H3,(H2,25,26,27);9-10,14H,6,8H2,1-5H3,(H3,19,20,21,23);8-9,13,21H,6-7H2,1-5H3,(H3,17,18,19,22);4-5,9,17H,1,3H2,(H3,13,14,15,18);4*1H4/t8-,9-,13+;9-,10-,14+;8-,9-,13+;4-,5-,9+;;;;/m0000..../s1.